The summed E-state index contributed by atoms with van der Waals surface area (Å²) >= 11 is 0. The van der Waals surface area contributed by atoms with Crippen LogP contribution in [0.1, 0.15) is 50.1 Å². The smallest absolute Gasteiger partial charge is 0.251 e. The van der Waals surface area contributed by atoms with E-state index in [2.05, 4.69) is 15.5 Å². The Bertz CT molecular complexity index is 1030. The molecule has 2 aliphatic heterocycles. The van der Waals surface area contributed by atoms with Crippen molar-refractivity contribution in [2.45, 2.75) is 56.7 Å². The minimum Gasteiger partial charge on any atom is -0.464 e. The van der Waals surface area contributed by atoms with Gasteiger partial charge < -0.3 is 20.0 Å². The zero-order chi connectivity index (χ0) is 19.5. The van der Waals surface area contributed by atoms with E-state index >= 15 is 0 Å². The average molecular weight is 391 g/mol. The Kier molecular flexibility index (Phi) is 3.76. The molecule has 2 unspecified atom stereocenters. The largest absolute Gasteiger partial charge is 0.464 e. The first-order chi connectivity index (χ1) is 14.2. The Hall–Kier alpha value is -2.76. The monoisotopic (exact) mass is 391 g/mol. The lowest BCUT2D eigenvalue weighted by molar-refractivity contribution is -0.138. The molecule has 0 saturated heterocycles. The van der Waals surface area contributed by atoms with Gasteiger partial charge in [-0.3, -0.25) is 9.59 Å². The SMILES string of the molecule is O=C1NCC2=C1[C@@H](c1cccc3ccoc13)N(C(=O)C1CC1)C1CCCCC1N2. The zero-order valence-electron chi connectivity index (χ0n) is 16.3. The molecular formula is C23H25N3O3. The summed E-state index contributed by atoms with van der Waals surface area (Å²) in [6, 6.07) is 7.86. The molecule has 0 radical (unpaired) electrons. The zero-order valence-corrected chi connectivity index (χ0v) is 16.3. The van der Waals surface area contributed by atoms with Gasteiger partial charge in [0.05, 0.1) is 30.5 Å². The van der Waals surface area contributed by atoms with Crippen LogP contribution in [-0.2, 0) is 9.59 Å². The second-order valence-corrected chi connectivity index (χ2v) is 8.79. The number of amides is 2. The predicted molar refractivity (Wildman–Crippen MR) is 108 cm³/mol. The Morgan fingerprint density at radius 2 is 1.97 bits per heavy atom. The third-order valence-corrected chi connectivity index (χ3v) is 6.98. The van der Waals surface area contributed by atoms with Crippen LogP contribution in [0.2, 0.25) is 0 Å². The predicted octanol–water partition coefficient (Wildman–Crippen LogP) is 3.01. The van der Waals surface area contributed by atoms with Crippen LogP contribution in [0.4, 0.5) is 0 Å². The fourth-order valence-electron chi connectivity index (χ4n) is 5.45. The molecule has 4 aliphatic rings. The molecule has 1 aromatic carbocycles. The molecule has 2 aliphatic carbocycles. The van der Waals surface area contributed by atoms with Crippen molar-refractivity contribution in [1.29, 1.82) is 0 Å². The molecule has 2 fully saturated rings. The number of furan rings is 1. The maximum absolute atomic E-state index is 13.6. The van der Waals surface area contributed by atoms with E-state index in [1.54, 1.807) is 6.26 Å². The van der Waals surface area contributed by atoms with Crippen LogP contribution >= 0.6 is 0 Å². The lowest BCUT2D eigenvalue weighted by Crippen LogP contribution is -2.54. The van der Waals surface area contributed by atoms with E-state index in [1.807, 2.05) is 24.3 Å². The van der Waals surface area contributed by atoms with Crippen LogP contribution in [0.5, 0.6) is 0 Å². The number of carbonyl (C=O) groups is 2. The maximum atomic E-state index is 13.6. The number of benzene rings is 1. The van der Waals surface area contributed by atoms with Crippen LogP contribution < -0.4 is 10.6 Å². The number of carbonyl (C=O) groups excluding carboxylic acids is 2. The first-order valence-electron chi connectivity index (χ1n) is 10.8. The fourth-order valence-corrected chi connectivity index (χ4v) is 5.45. The molecule has 0 bridgehead atoms. The summed E-state index contributed by atoms with van der Waals surface area (Å²) in [5.74, 6) is 0.224. The van der Waals surface area contributed by atoms with E-state index in [0.717, 1.165) is 60.8 Å². The summed E-state index contributed by atoms with van der Waals surface area (Å²) in [6.45, 7) is 0.507. The van der Waals surface area contributed by atoms with Gasteiger partial charge in [0.2, 0.25) is 5.91 Å². The van der Waals surface area contributed by atoms with Crippen molar-refractivity contribution in [3.05, 3.63) is 47.4 Å². The van der Waals surface area contributed by atoms with Crippen LogP contribution in [0.15, 0.2) is 46.2 Å². The number of nitrogens with zero attached hydrogens (tertiary/aromatic N) is 1. The van der Waals surface area contributed by atoms with Gasteiger partial charge in [-0.05, 0) is 31.7 Å². The number of rotatable bonds is 2. The van der Waals surface area contributed by atoms with Crippen LogP contribution in [0.25, 0.3) is 11.0 Å². The molecule has 29 heavy (non-hydrogen) atoms. The number of fused-ring (bicyclic) bond motifs is 2. The van der Waals surface area contributed by atoms with E-state index < -0.39 is 6.04 Å². The van der Waals surface area contributed by atoms with Gasteiger partial charge in [0.25, 0.3) is 5.91 Å². The number of hydrogen-bond donors (Lipinski definition) is 2. The highest BCUT2D eigenvalue weighted by atomic mass is 16.3. The summed E-state index contributed by atoms with van der Waals surface area (Å²) in [5.41, 5.74) is 3.33. The van der Waals surface area contributed by atoms with E-state index in [-0.39, 0.29) is 29.8 Å². The molecule has 6 heteroatoms. The third-order valence-electron chi connectivity index (χ3n) is 6.98. The van der Waals surface area contributed by atoms with E-state index in [9.17, 15) is 9.59 Å². The fraction of sp³-hybridized carbons (Fsp3) is 0.478. The molecule has 2 amide bonds. The second kappa shape index (κ2) is 6.37. The molecule has 3 heterocycles. The molecule has 0 spiro atoms. The van der Waals surface area contributed by atoms with Gasteiger partial charge in [-0.2, -0.15) is 0 Å². The topological polar surface area (TPSA) is 74.6 Å². The molecule has 6 nitrogen and oxygen atoms in total. The summed E-state index contributed by atoms with van der Waals surface area (Å²) in [7, 11) is 0. The molecular weight excluding hydrogens is 366 g/mol. The van der Waals surface area contributed by atoms with E-state index in [0.29, 0.717) is 12.1 Å². The van der Waals surface area contributed by atoms with Gasteiger partial charge in [-0.25, -0.2) is 0 Å². The Balaban J connectivity index is 1.59. The van der Waals surface area contributed by atoms with Crippen molar-refractivity contribution >= 4 is 22.8 Å². The van der Waals surface area contributed by atoms with Crippen LogP contribution in [-0.4, -0.2) is 35.3 Å². The van der Waals surface area contributed by atoms with Crippen molar-refractivity contribution in [2.75, 3.05) is 6.54 Å². The van der Waals surface area contributed by atoms with Gasteiger partial charge in [-0.15, -0.1) is 0 Å². The minimum absolute atomic E-state index is 0.0756. The van der Waals surface area contributed by atoms with Crippen molar-refractivity contribution in [3.63, 3.8) is 0 Å². The highest BCUT2D eigenvalue weighted by Gasteiger charge is 2.49. The summed E-state index contributed by atoms with van der Waals surface area (Å²) in [4.78, 5) is 28.7. The van der Waals surface area contributed by atoms with Crippen molar-refractivity contribution in [1.82, 2.24) is 15.5 Å². The molecule has 2 saturated carbocycles. The van der Waals surface area contributed by atoms with Crippen LogP contribution in [0, 0.1) is 5.92 Å². The standard InChI is InChI=1S/C23H25N3O3/c27-22-19-17(12-24-22)25-16-6-1-2-7-18(16)26(23(28)14-8-9-14)20(19)15-5-3-4-13-10-11-29-21(13)15/h3-5,10-11,14,16,18,20,25H,1-2,6-9,12H2,(H,24,27)/t16?,18?,20-/m1/s1. The average Bonchev–Trinajstić information content (AvgIpc) is 3.41. The molecule has 6 rings (SSSR count). The van der Waals surface area contributed by atoms with E-state index in [4.69, 9.17) is 4.42 Å². The molecule has 1 aromatic heterocycles. The van der Waals surface area contributed by atoms with Crippen molar-refractivity contribution < 1.29 is 14.0 Å². The highest BCUT2D eigenvalue weighted by Crippen LogP contribution is 2.45. The number of hydrogen-bond acceptors (Lipinski definition) is 4. The minimum atomic E-state index is -0.406. The number of nitrogens with one attached hydrogen (secondary N) is 2. The van der Waals surface area contributed by atoms with Crippen molar-refractivity contribution in [2.24, 2.45) is 5.92 Å². The first kappa shape index (κ1) is 17.1. The molecule has 150 valence electrons. The normalized spacial score (nSPS) is 29.2. The van der Waals surface area contributed by atoms with Crippen molar-refractivity contribution in [3.8, 4) is 0 Å². The number of para-hydroxylation sites is 1. The lowest BCUT2D eigenvalue weighted by Gasteiger charge is -2.42. The Morgan fingerprint density at radius 1 is 1.10 bits per heavy atom. The van der Waals surface area contributed by atoms with E-state index in [1.165, 1.54) is 0 Å². The molecule has 3 atom stereocenters. The second-order valence-electron chi connectivity index (χ2n) is 8.79. The van der Waals surface area contributed by atoms with Gasteiger partial charge >= 0.3 is 0 Å². The maximum Gasteiger partial charge on any atom is 0.251 e. The molecule has 2 N–H and O–H groups in total. The van der Waals surface area contributed by atoms with Gasteiger partial charge in [0.15, 0.2) is 0 Å². The summed E-state index contributed by atoms with van der Waals surface area (Å²) < 4.78 is 5.85. The Morgan fingerprint density at radius 3 is 2.83 bits per heavy atom. The quantitative estimate of drug-likeness (QED) is 0.825. The van der Waals surface area contributed by atoms with Crippen LogP contribution in [0.3, 0.4) is 0 Å². The molecule has 2 aromatic rings. The van der Waals surface area contributed by atoms with Gasteiger partial charge in [-0.1, -0.05) is 31.0 Å². The summed E-state index contributed by atoms with van der Waals surface area (Å²) in [5, 5.41) is 7.65. The van der Waals surface area contributed by atoms with Gasteiger partial charge in [0, 0.05) is 28.6 Å². The summed E-state index contributed by atoms with van der Waals surface area (Å²) in [6.07, 6.45) is 7.87. The third kappa shape index (κ3) is 2.61. The lowest BCUT2D eigenvalue weighted by atomic mass is 9.86. The van der Waals surface area contributed by atoms with Gasteiger partial charge in [0.1, 0.15) is 5.58 Å². The first-order valence-corrected chi connectivity index (χ1v) is 10.8. The highest BCUT2D eigenvalue weighted by molar-refractivity contribution is 6.00. The Labute approximate surface area is 169 Å².